The van der Waals surface area contributed by atoms with Crippen molar-refractivity contribution in [3.63, 3.8) is 0 Å². The Kier molecular flexibility index (Phi) is 4.93. The number of hydrogen-bond donors (Lipinski definition) is 2. The molecule has 0 aromatic heterocycles. The third-order valence-corrected chi connectivity index (χ3v) is 3.87. The summed E-state index contributed by atoms with van der Waals surface area (Å²) in [5.74, 6) is 0.382. The number of nitrogens with one attached hydrogen (secondary N) is 1. The van der Waals surface area contributed by atoms with Crippen molar-refractivity contribution in [1.82, 2.24) is 10.2 Å². The zero-order chi connectivity index (χ0) is 13.7. The van der Waals surface area contributed by atoms with E-state index in [4.69, 9.17) is 5.73 Å². The normalized spacial score (nSPS) is 17.4. The summed E-state index contributed by atoms with van der Waals surface area (Å²) >= 11 is 0. The van der Waals surface area contributed by atoms with Crippen LogP contribution in [0.2, 0.25) is 0 Å². The van der Waals surface area contributed by atoms with E-state index in [0.29, 0.717) is 6.54 Å². The largest absolute Gasteiger partial charge is 0.359 e. The fraction of sp³-hybridized carbons (Fsp3) is 0.533. The number of amides is 1. The minimum atomic E-state index is 0.187. The highest BCUT2D eigenvalue weighted by atomic mass is 16.1. The Morgan fingerprint density at radius 1 is 1.26 bits per heavy atom. The summed E-state index contributed by atoms with van der Waals surface area (Å²) in [6.07, 6.45) is 1.92. The molecular weight excluding hydrogens is 238 g/mol. The van der Waals surface area contributed by atoms with Crippen molar-refractivity contribution in [3.8, 4) is 0 Å². The molecule has 0 bridgehead atoms. The van der Waals surface area contributed by atoms with Crippen molar-refractivity contribution < 1.29 is 4.79 Å². The van der Waals surface area contributed by atoms with Gasteiger partial charge in [0, 0.05) is 26.1 Å². The maximum atomic E-state index is 11.6. The van der Waals surface area contributed by atoms with E-state index in [9.17, 15) is 4.79 Å². The Morgan fingerprint density at radius 3 is 2.37 bits per heavy atom. The summed E-state index contributed by atoms with van der Waals surface area (Å²) in [5.41, 5.74) is 8.08. The molecule has 1 aliphatic rings. The molecular formula is C15H23N3O. The van der Waals surface area contributed by atoms with Gasteiger partial charge in [0.25, 0.3) is 0 Å². The molecule has 1 aromatic carbocycles. The SMILES string of the molecule is CNC(=O)C1CCN(Cc2ccc(CN)cc2)CC1. The number of likely N-dealkylation sites (tertiary alicyclic amines) is 1. The highest BCUT2D eigenvalue weighted by molar-refractivity contribution is 5.78. The first-order valence-corrected chi connectivity index (χ1v) is 6.94. The van der Waals surface area contributed by atoms with Gasteiger partial charge in [-0.15, -0.1) is 0 Å². The van der Waals surface area contributed by atoms with Gasteiger partial charge in [-0.2, -0.15) is 0 Å². The van der Waals surface area contributed by atoms with Gasteiger partial charge in [-0.3, -0.25) is 9.69 Å². The highest BCUT2D eigenvalue weighted by Crippen LogP contribution is 2.19. The Labute approximate surface area is 115 Å². The third kappa shape index (κ3) is 3.78. The molecule has 0 atom stereocenters. The molecule has 2 rings (SSSR count). The molecule has 1 fully saturated rings. The minimum Gasteiger partial charge on any atom is -0.359 e. The number of piperidine rings is 1. The number of carbonyl (C=O) groups is 1. The lowest BCUT2D eigenvalue weighted by atomic mass is 9.95. The molecule has 0 radical (unpaired) electrons. The van der Waals surface area contributed by atoms with Crippen LogP contribution in [0.25, 0.3) is 0 Å². The van der Waals surface area contributed by atoms with E-state index < -0.39 is 0 Å². The number of nitrogens with two attached hydrogens (primary N) is 1. The van der Waals surface area contributed by atoms with Gasteiger partial charge in [0.2, 0.25) is 5.91 Å². The number of carbonyl (C=O) groups excluding carboxylic acids is 1. The lowest BCUT2D eigenvalue weighted by molar-refractivity contribution is -0.125. The monoisotopic (exact) mass is 261 g/mol. The predicted octanol–water partition coefficient (Wildman–Crippen LogP) is 1.10. The van der Waals surface area contributed by atoms with Gasteiger partial charge in [-0.1, -0.05) is 24.3 Å². The van der Waals surface area contributed by atoms with Gasteiger partial charge in [0.05, 0.1) is 0 Å². The Hall–Kier alpha value is -1.39. The van der Waals surface area contributed by atoms with Crippen LogP contribution in [-0.2, 0) is 17.9 Å². The molecule has 1 amide bonds. The second-order valence-corrected chi connectivity index (χ2v) is 5.19. The molecule has 4 nitrogen and oxygen atoms in total. The molecule has 3 N–H and O–H groups in total. The van der Waals surface area contributed by atoms with E-state index in [0.717, 1.165) is 32.5 Å². The molecule has 1 aromatic rings. The zero-order valence-corrected chi connectivity index (χ0v) is 11.6. The molecule has 1 heterocycles. The molecule has 0 saturated carbocycles. The van der Waals surface area contributed by atoms with Crippen LogP contribution in [0.4, 0.5) is 0 Å². The van der Waals surface area contributed by atoms with E-state index in [1.54, 1.807) is 7.05 Å². The van der Waals surface area contributed by atoms with Crippen molar-refractivity contribution >= 4 is 5.91 Å². The van der Waals surface area contributed by atoms with Crippen LogP contribution in [0.3, 0.4) is 0 Å². The molecule has 104 valence electrons. The lowest BCUT2D eigenvalue weighted by Crippen LogP contribution is -2.39. The summed E-state index contributed by atoms with van der Waals surface area (Å²) in [7, 11) is 1.72. The third-order valence-electron chi connectivity index (χ3n) is 3.87. The summed E-state index contributed by atoms with van der Waals surface area (Å²) in [5, 5.41) is 2.74. The van der Waals surface area contributed by atoms with Gasteiger partial charge >= 0.3 is 0 Å². The van der Waals surface area contributed by atoms with Crippen molar-refractivity contribution in [2.24, 2.45) is 11.7 Å². The molecule has 0 unspecified atom stereocenters. The van der Waals surface area contributed by atoms with Crippen molar-refractivity contribution in [3.05, 3.63) is 35.4 Å². The van der Waals surface area contributed by atoms with E-state index in [1.165, 1.54) is 11.1 Å². The van der Waals surface area contributed by atoms with Gasteiger partial charge < -0.3 is 11.1 Å². The second-order valence-electron chi connectivity index (χ2n) is 5.19. The Morgan fingerprint density at radius 2 is 1.84 bits per heavy atom. The van der Waals surface area contributed by atoms with E-state index in [2.05, 4.69) is 34.5 Å². The molecule has 0 aliphatic carbocycles. The van der Waals surface area contributed by atoms with Crippen molar-refractivity contribution in [1.29, 1.82) is 0 Å². The first-order valence-electron chi connectivity index (χ1n) is 6.94. The van der Waals surface area contributed by atoms with Crippen molar-refractivity contribution in [2.75, 3.05) is 20.1 Å². The quantitative estimate of drug-likeness (QED) is 0.853. The van der Waals surface area contributed by atoms with Crippen LogP contribution in [0.1, 0.15) is 24.0 Å². The standard InChI is InChI=1S/C15H23N3O/c1-17-15(19)14-6-8-18(9-7-14)11-13-4-2-12(10-16)3-5-13/h2-5,14H,6-11,16H2,1H3,(H,17,19). The summed E-state index contributed by atoms with van der Waals surface area (Å²) in [6, 6.07) is 8.47. The van der Waals surface area contributed by atoms with Crippen LogP contribution in [0, 0.1) is 5.92 Å². The second kappa shape index (κ2) is 6.68. The minimum absolute atomic E-state index is 0.187. The van der Waals surface area contributed by atoms with Gasteiger partial charge in [-0.25, -0.2) is 0 Å². The van der Waals surface area contributed by atoms with Crippen LogP contribution >= 0.6 is 0 Å². The Bertz CT molecular complexity index is 408. The predicted molar refractivity (Wildman–Crippen MR) is 76.4 cm³/mol. The summed E-state index contributed by atoms with van der Waals surface area (Å²) in [6.45, 7) is 3.55. The van der Waals surface area contributed by atoms with Gasteiger partial charge in [-0.05, 0) is 37.1 Å². The van der Waals surface area contributed by atoms with Crippen LogP contribution in [0.5, 0.6) is 0 Å². The Balaban J connectivity index is 1.83. The van der Waals surface area contributed by atoms with E-state index >= 15 is 0 Å². The summed E-state index contributed by atoms with van der Waals surface area (Å²) < 4.78 is 0. The maximum absolute atomic E-state index is 11.6. The topological polar surface area (TPSA) is 58.4 Å². The molecule has 1 saturated heterocycles. The average Bonchev–Trinajstić information content (AvgIpc) is 2.48. The van der Waals surface area contributed by atoms with E-state index in [1.807, 2.05) is 0 Å². The van der Waals surface area contributed by atoms with Crippen LogP contribution in [0.15, 0.2) is 24.3 Å². The highest BCUT2D eigenvalue weighted by Gasteiger charge is 2.23. The smallest absolute Gasteiger partial charge is 0.222 e. The lowest BCUT2D eigenvalue weighted by Gasteiger charge is -2.31. The fourth-order valence-electron chi connectivity index (χ4n) is 2.60. The maximum Gasteiger partial charge on any atom is 0.222 e. The number of hydrogen-bond acceptors (Lipinski definition) is 3. The number of benzene rings is 1. The van der Waals surface area contributed by atoms with Gasteiger partial charge in [0.15, 0.2) is 0 Å². The first kappa shape index (κ1) is 14.0. The molecule has 19 heavy (non-hydrogen) atoms. The fourth-order valence-corrected chi connectivity index (χ4v) is 2.60. The summed E-state index contributed by atoms with van der Waals surface area (Å²) in [4.78, 5) is 14.0. The molecule has 0 spiro atoms. The van der Waals surface area contributed by atoms with Crippen molar-refractivity contribution in [2.45, 2.75) is 25.9 Å². The van der Waals surface area contributed by atoms with Gasteiger partial charge in [0.1, 0.15) is 0 Å². The first-order chi connectivity index (χ1) is 9.22. The average molecular weight is 261 g/mol. The van der Waals surface area contributed by atoms with Crippen LogP contribution < -0.4 is 11.1 Å². The number of nitrogens with zero attached hydrogens (tertiary/aromatic N) is 1. The molecule has 1 aliphatic heterocycles. The number of rotatable bonds is 4. The molecule has 4 heteroatoms. The zero-order valence-electron chi connectivity index (χ0n) is 11.6. The van der Waals surface area contributed by atoms with E-state index in [-0.39, 0.29) is 11.8 Å². The van der Waals surface area contributed by atoms with Crippen LogP contribution in [-0.4, -0.2) is 30.9 Å².